The Bertz CT molecular complexity index is 886. The zero-order valence-electron chi connectivity index (χ0n) is 23.0. The van der Waals surface area contributed by atoms with E-state index in [4.69, 9.17) is 37.9 Å². The topological polar surface area (TPSA) is 159 Å². The molecule has 0 radical (unpaired) electrons. The first kappa shape index (κ1) is 31.4. The highest BCUT2D eigenvalue weighted by molar-refractivity contribution is 5.68. The standard InChI is InChI=1S/C25H38O13/c1-9-19-22(34-17(7)29)23(35-18(8)30)25(37-19,11-32-15(5)27)38-24-21(33-16(6)28)13(3)12(2)20(36-24)10-31-14(4)26/h12-13,19-24H,9-11H2,1-8H3/t12-,13-,19+,20?,21?,22-,23?,24+,25-/m0/s1. The number of rotatable bonds is 10. The Morgan fingerprint density at radius 1 is 0.711 bits per heavy atom. The molecule has 0 bridgehead atoms. The molecule has 2 fully saturated rings. The first-order valence-corrected chi connectivity index (χ1v) is 12.5. The smallest absolute Gasteiger partial charge is 0.303 e. The first-order chi connectivity index (χ1) is 17.7. The van der Waals surface area contributed by atoms with Crippen LogP contribution in [0.2, 0.25) is 0 Å². The zero-order chi connectivity index (χ0) is 28.8. The molecule has 2 heterocycles. The number of carbonyl (C=O) groups excluding carboxylic acids is 5. The van der Waals surface area contributed by atoms with Crippen molar-refractivity contribution in [2.24, 2.45) is 11.8 Å². The van der Waals surface area contributed by atoms with Crippen molar-refractivity contribution in [2.45, 2.75) is 104 Å². The summed E-state index contributed by atoms with van der Waals surface area (Å²) in [5.74, 6) is -5.80. The number of hydrogen-bond donors (Lipinski definition) is 0. The van der Waals surface area contributed by atoms with Crippen LogP contribution in [0.3, 0.4) is 0 Å². The fourth-order valence-corrected chi connectivity index (χ4v) is 4.56. The SMILES string of the molecule is CC[C@H]1O[C@@](COC(C)=O)(O[C@H]2OC(COC(C)=O)[C@@H](C)[C@H](C)C2OC(C)=O)C(OC(C)=O)[C@H]1OC(C)=O. The zero-order valence-corrected chi connectivity index (χ0v) is 23.0. The lowest BCUT2D eigenvalue weighted by Gasteiger charge is -2.46. The molecule has 0 aromatic rings. The second-order valence-corrected chi connectivity index (χ2v) is 9.52. The Labute approximate surface area is 221 Å². The van der Waals surface area contributed by atoms with Crippen LogP contribution in [0.25, 0.3) is 0 Å². The lowest BCUT2D eigenvalue weighted by molar-refractivity contribution is -0.375. The predicted molar refractivity (Wildman–Crippen MR) is 126 cm³/mol. The minimum absolute atomic E-state index is 0.105. The lowest BCUT2D eigenvalue weighted by Crippen LogP contribution is -2.60. The van der Waals surface area contributed by atoms with Gasteiger partial charge in [0.2, 0.25) is 5.79 Å². The summed E-state index contributed by atoms with van der Waals surface area (Å²) in [6.45, 7) is 10.7. The van der Waals surface area contributed by atoms with Gasteiger partial charge in [0.1, 0.15) is 19.3 Å². The Balaban J connectivity index is 2.56. The molecule has 2 aliphatic heterocycles. The molecular formula is C25H38O13. The molecule has 3 unspecified atom stereocenters. The van der Waals surface area contributed by atoms with Crippen molar-refractivity contribution in [1.82, 2.24) is 0 Å². The van der Waals surface area contributed by atoms with Crippen LogP contribution in [0.1, 0.15) is 61.8 Å². The van der Waals surface area contributed by atoms with Crippen LogP contribution in [-0.4, -0.2) is 85.7 Å². The van der Waals surface area contributed by atoms with Crippen LogP contribution in [0.15, 0.2) is 0 Å². The summed E-state index contributed by atoms with van der Waals surface area (Å²) in [7, 11) is 0. The van der Waals surface area contributed by atoms with Gasteiger partial charge in [0.05, 0.1) is 6.10 Å². The number of ether oxygens (including phenoxy) is 8. The highest BCUT2D eigenvalue weighted by atomic mass is 16.8. The van der Waals surface area contributed by atoms with Crippen molar-refractivity contribution >= 4 is 29.8 Å². The van der Waals surface area contributed by atoms with Gasteiger partial charge in [-0.1, -0.05) is 20.8 Å². The van der Waals surface area contributed by atoms with E-state index < -0.39 is 79.1 Å². The molecule has 2 saturated heterocycles. The normalized spacial score (nSPS) is 34.6. The third-order valence-electron chi connectivity index (χ3n) is 6.50. The summed E-state index contributed by atoms with van der Waals surface area (Å²) < 4.78 is 45.5. The molecule has 0 aromatic carbocycles. The van der Waals surface area contributed by atoms with Gasteiger partial charge in [-0.2, -0.15) is 0 Å². The minimum Gasteiger partial charge on any atom is -0.463 e. The maximum atomic E-state index is 12.1. The molecule has 38 heavy (non-hydrogen) atoms. The van der Waals surface area contributed by atoms with Gasteiger partial charge in [0.15, 0.2) is 24.6 Å². The van der Waals surface area contributed by atoms with Crippen molar-refractivity contribution in [3.05, 3.63) is 0 Å². The fourth-order valence-electron chi connectivity index (χ4n) is 4.56. The molecule has 13 nitrogen and oxygen atoms in total. The molecule has 13 heteroatoms. The summed E-state index contributed by atoms with van der Waals surface area (Å²) in [4.78, 5) is 59.3. The molecule has 0 aliphatic carbocycles. The van der Waals surface area contributed by atoms with Gasteiger partial charge in [-0.25, -0.2) is 0 Å². The highest BCUT2D eigenvalue weighted by Crippen LogP contribution is 2.42. The third kappa shape index (κ3) is 7.87. The van der Waals surface area contributed by atoms with Gasteiger partial charge >= 0.3 is 29.8 Å². The second-order valence-electron chi connectivity index (χ2n) is 9.52. The van der Waals surface area contributed by atoms with E-state index in [2.05, 4.69) is 0 Å². The molecular weight excluding hydrogens is 508 g/mol. The van der Waals surface area contributed by atoms with Gasteiger partial charge in [0, 0.05) is 40.5 Å². The largest absolute Gasteiger partial charge is 0.463 e. The van der Waals surface area contributed by atoms with E-state index in [1.165, 1.54) is 27.7 Å². The van der Waals surface area contributed by atoms with Crippen LogP contribution >= 0.6 is 0 Å². The predicted octanol–water partition coefficient (Wildman–Crippen LogP) is 1.43. The average Bonchev–Trinajstić information content (AvgIpc) is 3.07. The molecule has 2 rings (SSSR count). The van der Waals surface area contributed by atoms with Gasteiger partial charge in [-0.05, 0) is 12.3 Å². The summed E-state index contributed by atoms with van der Waals surface area (Å²) in [6, 6.07) is 0. The van der Waals surface area contributed by atoms with Crippen LogP contribution in [0, 0.1) is 11.8 Å². The first-order valence-electron chi connectivity index (χ1n) is 12.5. The van der Waals surface area contributed by atoms with E-state index in [-0.39, 0.29) is 18.4 Å². The molecule has 0 saturated carbocycles. The average molecular weight is 547 g/mol. The van der Waals surface area contributed by atoms with Crippen molar-refractivity contribution < 1.29 is 61.9 Å². The van der Waals surface area contributed by atoms with Crippen molar-refractivity contribution in [2.75, 3.05) is 13.2 Å². The summed E-state index contributed by atoms with van der Waals surface area (Å²) >= 11 is 0. The van der Waals surface area contributed by atoms with Gasteiger partial charge in [-0.3, -0.25) is 24.0 Å². The Morgan fingerprint density at radius 3 is 1.76 bits per heavy atom. The molecule has 216 valence electrons. The van der Waals surface area contributed by atoms with E-state index in [0.717, 1.165) is 6.92 Å². The Kier molecular flexibility index (Phi) is 11.0. The van der Waals surface area contributed by atoms with Gasteiger partial charge in [-0.15, -0.1) is 0 Å². The molecule has 0 N–H and O–H groups in total. The van der Waals surface area contributed by atoms with Crippen LogP contribution in [0.5, 0.6) is 0 Å². The second kappa shape index (κ2) is 13.3. The lowest BCUT2D eigenvalue weighted by atomic mass is 9.83. The summed E-state index contributed by atoms with van der Waals surface area (Å²) in [6.07, 6.45) is -5.98. The van der Waals surface area contributed by atoms with E-state index in [1.807, 2.05) is 13.8 Å². The van der Waals surface area contributed by atoms with Gasteiger partial charge in [0.25, 0.3) is 0 Å². The van der Waals surface area contributed by atoms with Crippen molar-refractivity contribution in [3.8, 4) is 0 Å². The quantitative estimate of drug-likeness (QED) is 0.286. The molecule has 0 spiro atoms. The Hall–Kier alpha value is -2.77. The summed E-state index contributed by atoms with van der Waals surface area (Å²) in [5.41, 5.74) is 0. The van der Waals surface area contributed by atoms with Crippen LogP contribution in [-0.2, 0) is 61.9 Å². The number of esters is 5. The molecule has 0 aromatic heterocycles. The fraction of sp³-hybridized carbons (Fsp3) is 0.800. The maximum absolute atomic E-state index is 12.1. The number of hydrogen-bond acceptors (Lipinski definition) is 13. The Morgan fingerprint density at radius 2 is 1.26 bits per heavy atom. The summed E-state index contributed by atoms with van der Waals surface area (Å²) in [5, 5.41) is 0. The van der Waals surface area contributed by atoms with Gasteiger partial charge < -0.3 is 37.9 Å². The third-order valence-corrected chi connectivity index (χ3v) is 6.50. The van der Waals surface area contributed by atoms with E-state index in [9.17, 15) is 24.0 Å². The van der Waals surface area contributed by atoms with E-state index in [1.54, 1.807) is 6.92 Å². The van der Waals surface area contributed by atoms with E-state index >= 15 is 0 Å². The van der Waals surface area contributed by atoms with E-state index in [0.29, 0.717) is 6.42 Å². The van der Waals surface area contributed by atoms with Crippen LogP contribution in [0.4, 0.5) is 0 Å². The van der Waals surface area contributed by atoms with Crippen molar-refractivity contribution in [3.63, 3.8) is 0 Å². The molecule has 2 aliphatic rings. The minimum atomic E-state index is -2.01. The highest BCUT2D eigenvalue weighted by Gasteiger charge is 2.63. The van der Waals surface area contributed by atoms with Crippen LogP contribution < -0.4 is 0 Å². The monoisotopic (exact) mass is 546 g/mol. The van der Waals surface area contributed by atoms with Crippen molar-refractivity contribution in [1.29, 1.82) is 0 Å². The maximum Gasteiger partial charge on any atom is 0.303 e. The molecule has 0 amide bonds. The number of carbonyl (C=O) groups is 5. The molecule has 9 atom stereocenters.